The van der Waals surface area contributed by atoms with E-state index in [1.165, 1.54) is 23.6 Å². The number of benzene rings is 2. The molecule has 2 aromatic carbocycles. The number of halogens is 1. The van der Waals surface area contributed by atoms with Crippen molar-refractivity contribution in [2.45, 2.75) is 11.8 Å². The molecule has 0 fully saturated rings. The van der Waals surface area contributed by atoms with Gasteiger partial charge in [0.05, 0.1) is 17.3 Å². The number of nitrogens with one attached hydrogen (secondary N) is 2. The molecule has 0 amide bonds. The molecule has 0 radical (unpaired) electrons. The molecule has 5 heteroatoms. The summed E-state index contributed by atoms with van der Waals surface area (Å²) in [4.78, 5) is 4.16. The molecule has 2 N–H and O–H groups in total. The minimum absolute atomic E-state index is 0.307. The Bertz CT molecular complexity index is 863. The van der Waals surface area contributed by atoms with Crippen LogP contribution >= 0.6 is 11.9 Å². The molecular formula is C18H14FN3S. The molecule has 114 valence electrons. The van der Waals surface area contributed by atoms with Crippen LogP contribution in [0.25, 0.3) is 11.3 Å². The highest BCUT2D eigenvalue weighted by atomic mass is 32.2. The Balaban J connectivity index is 1.70. The minimum atomic E-state index is -0.439. The number of aromatic nitrogens is 1. The van der Waals surface area contributed by atoms with Crippen LogP contribution in [0.1, 0.15) is 11.1 Å². The third-order valence-corrected chi connectivity index (χ3v) is 4.19. The monoisotopic (exact) mass is 323 g/mol. The fraction of sp³-hybridized carbons (Fsp3) is 0.0556. The van der Waals surface area contributed by atoms with Crippen LogP contribution in [0.2, 0.25) is 0 Å². The van der Waals surface area contributed by atoms with Gasteiger partial charge in [0, 0.05) is 16.8 Å². The predicted molar refractivity (Wildman–Crippen MR) is 91.6 cm³/mol. The molecule has 3 rings (SSSR count). The molecular weight excluding hydrogens is 309 g/mol. The maximum absolute atomic E-state index is 13.8. The second-order valence-corrected chi connectivity index (χ2v) is 6.01. The summed E-state index contributed by atoms with van der Waals surface area (Å²) in [6, 6.07) is 16.5. The van der Waals surface area contributed by atoms with Crippen molar-refractivity contribution in [3.63, 3.8) is 0 Å². The Hall–Kier alpha value is -2.71. The van der Waals surface area contributed by atoms with Crippen molar-refractivity contribution in [2.75, 3.05) is 4.72 Å². The van der Waals surface area contributed by atoms with E-state index in [-0.39, 0.29) is 0 Å². The molecule has 0 aliphatic heterocycles. The molecule has 0 aliphatic rings. The van der Waals surface area contributed by atoms with Gasteiger partial charge < -0.3 is 9.71 Å². The summed E-state index contributed by atoms with van der Waals surface area (Å²) in [5, 5.41) is 8.74. The largest absolute Gasteiger partial charge is 0.360 e. The highest BCUT2D eigenvalue weighted by Gasteiger charge is 2.06. The van der Waals surface area contributed by atoms with Crippen molar-refractivity contribution in [1.82, 2.24) is 4.98 Å². The first-order chi connectivity index (χ1) is 11.2. The van der Waals surface area contributed by atoms with E-state index < -0.39 is 5.82 Å². The maximum atomic E-state index is 13.8. The number of aryl methyl sites for hydroxylation is 1. The molecule has 0 bridgehead atoms. The molecule has 3 aromatic rings. The van der Waals surface area contributed by atoms with E-state index in [1.807, 2.05) is 18.3 Å². The van der Waals surface area contributed by atoms with Gasteiger partial charge in [0.2, 0.25) is 0 Å². The van der Waals surface area contributed by atoms with Gasteiger partial charge in [-0.3, -0.25) is 0 Å². The van der Waals surface area contributed by atoms with E-state index in [0.717, 1.165) is 16.2 Å². The first kappa shape index (κ1) is 15.2. The molecule has 0 aliphatic carbocycles. The molecule has 0 saturated heterocycles. The Morgan fingerprint density at radius 3 is 2.61 bits per heavy atom. The number of anilines is 1. The van der Waals surface area contributed by atoms with E-state index >= 15 is 0 Å². The molecule has 0 saturated carbocycles. The zero-order valence-electron chi connectivity index (χ0n) is 12.4. The number of nitriles is 1. The van der Waals surface area contributed by atoms with Crippen LogP contribution < -0.4 is 4.72 Å². The van der Waals surface area contributed by atoms with E-state index in [2.05, 4.69) is 40.9 Å². The second-order valence-electron chi connectivity index (χ2n) is 5.13. The molecule has 0 spiro atoms. The van der Waals surface area contributed by atoms with Gasteiger partial charge in [-0.1, -0.05) is 29.8 Å². The highest BCUT2D eigenvalue weighted by Crippen LogP contribution is 2.27. The van der Waals surface area contributed by atoms with Crippen molar-refractivity contribution in [3.8, 4) is 17.3 Å². The van der Waals surface area contributed by atoms with Gasteiger partial charge in [-0.2, -0.15) is 5.26 Å². The lowest BCUT2D eigenvalue weighted by molar-refractivity contribution is 0.632. The first-order valence-electron chi connectivity index (χ1n) is 7.03. The summed E-state index contributed by atoms with van der Waals surface area (Å²) in [6.07, 6.45) is 1.87. The van der Waals surface area contributed by atoms with Gasteiger partial charge in [0.1, 0.15) is 5.82 Å². The SMILES string of the molecule is Cc1ccc(-c2cc(SNc3ccc(C#N)cc3F)c[nH]2)cc1. The fourth-order valence-electron chi connectivity index (χ4n) is 2.11. The quantitative estimate of drug-likeness (QED) is 0.655. The topological polar surface area (TPSA) is 51.6 Å². The average molecular weight is 323 g/mol. The number of aromatic amines is 1. The van der Waals surface area contributed by atoms with Crippen LogP contribution in [0.4, 0.5) is 10.1 Å². The van der Waals surface area contributed by atoms with Gasteiger partial charge in [0.25, 0.3) is 0 Å². The second kappa shape index (κ2) is 6.59. The third-order valence-electron chi connectivity index (χ3n) is 3.40. The zero-order chi connectivity index (χ0) is 16.2. The van der Waals surface area contributed by atoms with Gasteiger partial charge in [0.15, 0.2) is 0 Å². The number of hydrogen-bond donors (Lipinski definition) is 2. The third kappa shape index (κ3) is 3.55. The van der Waals surface area contributed by atoms with Crippen LogP contribution in [0.15, 0.2) is 59.6 Å². The lowest BCUT2D eigenvalue weighted by Gasteiger charge is -2.05. The molecule has 1 heterocycles. The summed E-state index contributed by atoms with van der Waals surface area (Å²) < 4.78 is 16.8. The van der Waals surface area contributed by atoms with Gasteiger partial charge >= 0.3 is 0 Å². The van der Waals surface area contributed by atoms with Crippen molar-refractivity contribution in [1.29, 1.82) is 5.26 Å². The van der Waals surface area contributed by atoms with Gasteiger partial charge in [-0.25, -0.2) is 4.39 Å². The maximum Gasteiger partial charge on any atom is 0.148 e. The summed E-state index contributed by atoms with van der Waals surface area (Å²) in [5.74, 6) is -0.439. The summed E-state index contributed by atoms with van der Waals surface area (Å²) >= 11 is 1.32. The minimum Gasteiger partial charge on any atom is -0.360 e. The first-order valence-corrected chi connectivity index (χ1v) is 7.85. The predicted octanol–water partition coefficient (Wildman–Crippen LogP) is 5.12. The van der Waals surface area contributed by atoms with Gasteiger partial charge in [-0.05, 0) is 48.7 Å². The standard InChI is InChI=1S/C18H14FN3S/c1-12-2-5-14(6-3-12)18-9-15(11-21-18)23-22-17-7-4-13(10-20)8-16(17)19/h2-9,11,21-22H,1H3. The number of rotatable bonds is 4. The Morgan fingerprint density at radius 2 is 1.91 bits per heavy atom. The zero-order valence-corrected chi connectivity index (χ0v) is 13.2. The normalized spacial score (nSPS) is 10.3. The number of H-pyrrole nitrogens is 1. The number of hydrogen-bond acceptors (Lipinski definition) is 3. The van der Waals surface area contributed by atoms with Crippen LogP contribution in [-0.2, 0) is 0 Å². The van der Waals surface area contributed by atoms with Crippen molar-refractivity contribution in [2.24, 2.45) is 0 Å². The van der Waals surface area contributed by atoms with Crippen LogP contribution in [-0.4, -0.2) is 4.98 Å². The molecule has 1 aromatic heterocycles. The van der Waals surface area contributed by atoms with Crippen molar-refractivity contribution < 1.29 is 4.39 Å². The van der Waals surface area contributed by atoms with Crippen LogP contribution in [0.3, 0.4) is 0 Å². The van der Waals surface area contributed by atoms with E-state index in [0.29, 0.717) is 11.3 Å². The van der Waals surface area contributed by atoms with E-state index in [4.69, 9.17) is 5.26 Å². The molecule has 0 unspecified atom stereocenters. The Morgan fingerprint density at radius 1 is 1.13 bits per heavy atom. The van der Waals surface area contributed by atoms with Gasteiger partial charge in [-0.15, -0.1) is 0 Å². The molecule has 3 nitrogen and oxygen atoms in total. The van der Waals surface area contributed by atoms with Crippen LogP contribution in [0, 0.1) is 24.1 Å². The summed E-state index contributed by atoms with van der Waals surface area (Å²) in [5.41, 5.74) is 3.99. The Labute approximate surface area is 138 Å². The van der Waals surface area contributed by atoms with Crippen molar-refractivity contribution in [3.05, 3.63) is 71.7 Å². The van der Waals surface area contributed by atoms with Crippen molar-refractivity contribution >= 4 is 17.6 Å². The Kier molecular flexibility index (Phi) is 4.35. The van der Waals surface area contributed by atoms with E-state index in [9.17, 15) is 4.39 Å². The fourth-order valence-corrected chi connectivity index (χ4v) is 2.80. The summed E-state index contributed by atoms with van der Waals surface area (Å²) in [7, 11) is 0. The molecule has 0 atom stereocenters. The average Bonchev–Trinajstić information content (AvgIpc) is 3.03. The highest BCUT2D eigenvalue weighted by molar-refractivity contribution is 8.00. The van der Waals surface area contributed by atoms with Crippen LogP contribution in [0.5, 0.6) is 0 Å². The lowest BCUT2D eigenvalue weighted by atomic mass is 10.1. The lowest BCUT2D eigenvalue weighted by Crippen LogP contribution is -1.91. The smallest absolute Gasteiger partial charge is 0.148 e. The molecule has 23 heavy (non-hydrogen) atoms. The van der Waals surface area contributed by atoms with E-state index in [1.54, 1.807) is 12.1 Å². The number of nitrogens with zero attached hydrogens (tertiary/aromatic N) is 1. The summed E-state index contributed by atoms with van der Waals surface area (Å²) in [6.45, 7) is 2.05.